The molecule has 0 unspecified atom stereocenters. The molecule has 0 saturated heterocycles. The minimum absolute atomic E-state index is 0.0374. The molecular weight excluding hydrogens is 531 g/mol. The average Bonchev–Trinajstić information content (AvgIpc) is 3.22. The first-order valence-corrected chi connectivity index (χ1v) is 14.5. The second kappa shape index (κ2) is 9.47. The summed E-state index contributed by atoms with van der Waals surface area (Å²) >= 11 is 0.863. The van der Waals surface area contributed by atoms with Gasteiger partial charge in [-0.3, -0.25) is 18.6 Å². The van der Waals surface area contributed by atoms with E-state index in [2.05, 4.69) is 9.82 Å². The second-order valence-corrected chi connectivity index (χ2v) is 13.0. The molecule has 0 aliphatic heterocycles. The summed E-state index contributed by atoms with van der Waals surface area (Å²) in [6, 6.07) is 6.05. The van der Waals surface area contributed by atoms with Crippen molar-refractivity contribution in [2.75, 3.05) is 18.5 Å². The van der Waals surface area contributed by atoms with Crippen LogP contribution in [0.4, 0.5) is 10.1 Å². The molecule has 1 fully saturated rings. The van der Waals surface area contributed by atoms with Crippen LogP contribution in [0.5, 0.6) is 0 Å². The Morgan fingerprint density at radius 2 is 1.87 bits per heavy atom. The van der Waals surface area contributed by atoms with Crippen LogP contribution < -0.4 is 20.9 Å². The number of aryl methyl sites for hydroxylation is 1. The van der Waals surface area contributed by atoms with E-state index >= 15 is 0 Å². The standard InChI is InChI=1S/C25H29FN6O4S2/c1-5-29(3)20-7-6-16(10-19(20)26)14-32-23-18(11-21(37-23)38(35,36)28-25(2)8-9-25)22(33)31(24(32)34)15-17-12-27-30(4)13-17/h6-7,10-13,28H,5,8-9,14-15H2,1-4H3. The van der Waals surface area contributed by atoms with Crippen molar-refractivity contribution in [2.45, 2.75) is 49.5 Å². The number of nitrogens with one attached hydrogen (secondary N) is 1. The van der Waals surface area contributed by atoms with Crippen molar-refractivity contribution in [1.82, 2.24) is 23.6 Å². The molecule has 13 heteroatoms. The van der Waals surface area contributed by atoms with E-state index in [0.29, 0.717) is 23.4 Å². The van der Waals surface area contributed by atoms with Gasteiger partial charge < -0.3 is 4.90 Å². The van der Waals surface area contributed by atoms with Crippen molar-refractivity contribution in [3.05, 3.63) is 74.4 Å². The lowest BCUT2D eigenvalue weighted by atomic mass is 10.2. The van der Waals surface area contributed by atoms with E-state index in [1.54, 1.807) is 48.2 Å². The van der Waals surface area contributed by atoms with E-state index < -0.39 is 32.6 Å². The molecule has 10 nitrogen and oxygen atoms in total. The van der Waals surface area contributed by atoms with Crippen molar-refractivity contribution in [1.29, 1.82) is 0 Å². The van der Waals surface area contributed by atoms with Crippen LogP contribution in [-0.2, 0) is 30.2 Å². The molecule has 0 atom stereocenters. The lowest BCUT2D eigenvalue weighted by Gasteiger charge is -2.18. The molecule has 0 radical (unpaired) electrons. The molecule has 1 aromatic carbocycles. The minimum atomic E-state index is -3.90. The van der Waals surface area contributed by atoms with Gasteiger partial charge in [0, 0.05) is 37.9 Å². The highest BCUT2D eigenvalue weighted by molar-refractivity contribution is 7.91. The van der Waals surface area contributed by atoms with Crippen molar-refractivity contribution in [3.63, 3.8) is 0 Å². The Bertz CT molecular complexity index is 1760. The number of nitrogens with zero attached hydrogens (tertiary/aromatic N) is 5. The number of aromatic nitrogens is 4. The average molecular weight is 561 g/mol. The molecule has 3 heterocycles. The monoisotopic (exact) mass is 560 g/mol. The molecule has 0 amide bonds. The van der Waals surface area contributed by atoms with E-state index in [4.69, 9.17) is 0 Å². The van der Waals surface area contributed by atoms with Gasteiger partial charge in [-0.2, -0.15) is 5.10 Å². The van der Waals surface area contributed by atoms with Gasteiger partial charge in [-0.25, -0.2) is 22.3 Å². The van der Waals surface area contributed by atoms with Crippen LogP contribution in [0.15, 0.2) is 50.5 Å². The Labute approximate surface area is 223 Å². The number of sulfonamides is 1. The van der Waals surface area contributed by atoms with Crippen molar-refractivity contribution < 1.29 is 12.8 Å². The fraction of sp³-hybridized carbons (Fsp3) is 0.400. The van der Waals surface area contributed by atoms with Gasteiger partial charge in [0.1, 0.15) is 14.9 Å². The van der Waals surface area contributed by atoms with Crippen molar-refractivity contribution in [3.8, 4) is 0 Å². The van der Waals surface area contributed by atoms with E-state index in [1.807, 2.05) is 13.8 Å². The molecule has 1 aliphatic carbocycles. The zero-order valence-corrected chi connectivity index (χ0v) is 23.2. The molecule has 1 N–H and O–H groups in total. The van der Waals surface area contributed by atoms with Gasteiger partial charge in [-0.1, -0.05) is 6.07 Å². The number of hydrogen-bond acceptors (Lipinski definition) is 7. The Balaban J connectivity index is 1.65. The lowest BCUT2D eigenvalue weighted by Crippen LogP contribution is -2.40. The summed E-state index contributed by atoms with van der Waals surface area (Å²) in [6.45, 7) is 4.28. The quantitative estimate of drug-likeness (QED) is 0.337. The molecule has 1 saturated carbocycles. The van der Waals surface area contributed by atoms with Gasteiger partial charge in [-0.15, -0.1) is 11.3 Å². The van der Waals surface area contributed by atoms with Crippen LogP contribution >= 0.6 is 11.3 Å². The van der Waals surface area contributed by atoms with Crippen LogP contribution in [-0.4, -0.2) is 46.5 Å². The van der Waals surface area contributed by atoms with Gasteiger partial charge in [0.05, 0.1) is 30.4 Å². The maximum absolute atomic E-state index is 14.9. The highest BCUT2D eigenvalue weighted by Crippen LogP contribution is 2.37. The van der Waals surface area contributed by atoms with E-state index in [-0.39, 0.29) is 27.5 Å². The summed E-state index contributed by atoms with van der Waals surface area (Å²) in [5.74, 6) is -0.434. The van der Waals surface area contributed by atoms with Crippen LogP contribution in [0.3, 0.4) is 0 Å². The first kappa shape index (κ1) is 26.3. The first-order valence-electron chi connectivity index (χ1n) is 12.2. The Hall–Kier alpha value is -3.29. The summed E-state index contributed by atoms with van der Waals surface area (Å²) in [5, 5.41) is 4.21. The van der Waals surface area contributed by atoms with Crippen LogP contribution in [0.25, 0.3) is 10.2 Å². The lowest BCUT2D eigenvalue weighted by molar-refractivity contribution is 0.560. The summed E-state index contributed by atoms with van der Waals surface area (Å²) in [5.41, 5.74) is -0.130. The summed E-state index contributed by atoms with van der Waals surface area (Å²) < 4.78 is 47.7. The topological polar surface area (TPSA) is 111 Å². The highest BCUT2D eigenvalue weighted by Gasteiger charge is 2.41. The number of rotatable bonds is 9. The van der Waals surface area contributed by atoms with Crippen LogP contribution in [0.2, 0.25) is 0 Å². The summed E-state index contributed by atoms with van der Waals surface area (Å²) in [7, 11) is -0.394. The van der Waals surface area contributed by atoms with Crippen LogP contribution in [0.1, 0.15) is 37.8 Å². The first-order chi connectivity index (χ1) is 17.9. The predicted octanol–water partition coefficient (Wildman–Crippen LogP) is 2.48. The normalized spacial score (nSPS) is 14.8. The zero-order chi connectivity index (χ0) is 27.4. The molecular formula is C25H29FN6O4S2. The number of benzene rings is 1. The van der Waals surface area contributed by atoms with E-state index in [0.717, 1.165) is 28.7 Å². The fourth-order valence-corrected chi connectivity index (χ4v) is 7.20. The Morgan fingerprint density at radius 1 is 1.16 bits per heavy atom. The van der Waals surface area contributed by atoms with E-state index in [1.165, 1.54) is 16.7 Å². The molecule has 202 valence electrons. The van der Waals surface area contributed by atoms with Gasteiger partial charge in [0.2, 0.25) is 0 Å². The summed E-state index contributed by atoms with van der Waals surface area (Å²) in [4.78, 5) is 29.1. The molecule has 0 bridgehead atoms. The van der Waals surface area contributed by atoms with Crippen LogP contribution in [0, 0.1) is 5.82 Å². The SMILES string of the molecule is CCN(C)c1ccc(Cn2c(=O)n(Cc3cnn(C)c3)c(=O)c3cc(S(=O)(=O)NC4(C)CC4)sc32)cc1F. The van der Waals surface area contributed by atoms with Gasteiger partial charge in [0.15, 0.2) is 0 Å². The van der Waals surface area contributed by atoms with Crippen molar-refractivity contribution in [2.24, 2.45) is 7.05 Å². The minimum Gasteiger partial charge on any atom is -0.373 e. The van der Waals surface area contributed by atoms with E-state index in [9.17, 15) is 22.4 Å². The second-order valence-electron chi connectivity index (χ2n) is 10.0. The maximum Gasteiger partial charge on any atom is 0.332 e. The third-order valence-electron chi connectivity index (χ3n) is 6.86. The largest absolute Gasteiger partial charge is 0.373 e. The number of halogens is 1. The third-order valence-corrected chi connectivity index (χ3v) is 10.1. The Kier molecular flexibility index (Phi) is 6.56. The van der Waals surface area contributed by atoms with Gasteiger partial charge in [0.25, 0.3) is 15.6 Å². The predicted molar refractivity (Wildman–Crippen MR) is 145 cm³/mol. The van der Waals surface area contributed by atoms with Gasteiger partial charge >= 0.3 is 5.69 Å². The third kappa shape index (κ3) is 4.93. The smallest absolute Gasteiger partial charge is 0.332 e. The molecule has 5 rings (SSSR count). The molecule has 38 heavy (non-hydrogen) atoms. The Morgan fingerprint density at radius 3 is 2.47 bits per heavy atom. The molecule has 3 aromatic heterocycles. The number of anilines is 1. The molecule has 4 aromatic rings. The summed E-state index contributed by atoms with van der Waals surface area (Å²) in [6.07, 6.45) is 4.72. The number of thiophene rings is 1. The maximum atomic E-state index is 14.9. The molecule has 0 spiro atoms. The number of hydrogen-bond donors (Lipinski definition) is 1. The number of fused-ring (bicyclic) bond motifs is 1. The van der Waals surface area contributed by atoms with Gasteiger partial charge in [-0.05, 0) is 50.5 Å². The molecule has 1 aliphatic rings. The fourth-order valence-electron chi connectivity index (χ4n) is 4.30. The highest BCUT2D eigenvalue weighted by atomic mass is 32.2. The zero-order valence-electron chi connectivity index (χ0n) is 21.6. The van der Waals surface area contributed by atoms with Crippen molar-refractivity contribution >= 4 is 37.3 Å².